The number of benzene rings is 1. The standard InChI is InChI=1S/C20H25NO5/c1-10-7-14(8-11(2)18(10)22)9-15-16(19(23)25-5)12(3)21-13(4)17(15)20(24)26-6/h7-8,15,21-22H,9H2,1-6H3. The predicted molar refractivity (Wildman–Crippen MR) is 97.3 cm³/mol. The Morgan fingerprint density at radius 1 is 0.962 bits per heavy atom. The number of aromatic hydroxyl groups is 1. The highest BCUT2D eigenvalue weighted by Crippen LogP contribution is 2.35. The molecule has 0 amide bonds. The highest BCUT2D eigenvalue weighted by atomic mass is 16.5. The molecule has 140 valence electrons. The maximum atomic E-state index is 12.4. The molecule has 1 aromatic rings. The number of phenols is 1. The highest BCUT2D eigenvalue weighted by molar-refractivity contribution is 5.97. The molecule has 0 aromatic heterocycles. The molecule has 2 N–H and O–H groups in total. The van der Waals surface area contributed by atoms with Gasteiger partial charge in [0.2, 0.25) is 0 Å². The second kappa shape index (κ2) is 7.64. The van der Waals surface area contributed by atoms with Gasteiger partial charge in [0.1, 0.15) is 5.75 Å². The van der Waals surface area contributed by atoms with Crippen molar-refractivity contribution in [2.75, 3.05) is 14.2 Å². The van der Waals surface area contributed by atoms with Gasteiger partial charge in [-0.2, -0.15) is 0 Å². The van der Waals surface area contributed by atoms with Crippen molar-refractivity contribution in [3.63, 3.8) is 0 Å². The van der Waals surface area contributed by atoms with Gasteiger partial charge in [-0.25, -0.2) is 9.59 Å². The number of phenolic OH excluding ortho intramolecular Hbond substituents is 1. The van der Waals surface area contributed by atoms with Gasteiger partial charge < -0.3 is 19.9 Å². The Morgan fingerprint density at radius 2 is 1.38 bits per heavy atom. The van der Waals surface area contributed by atoms with E-state index in [0.29, 0.717) is 29.0 Å². The number of ether oxygens (including phenoxy) is 2. The van der Waals surface area contributed by atoms with E-state index in [0.717, 1.165) is 16.7 Å². The van der Waals surface area contributed by atoms with E-state index in [1.165, 1.54) is 14.2 Å². The van der Waals surface area contributed by atoms with Gasteiger partial charge in [-0.15, -0.1) is 0 Å². The fourth-order valence-electron chi connectivity index (χ4n) is 3.50. The average molecular weight is 359 g/mol. The molecular weight excluding hydrogens is 334 g/mol. The number of nitrogens with one attached hydrogen (secondary N) is 1. The molecule has 0 spiro atoms. The van der Waals surface area contributed by atoms with Crippen LogP contribution < -0.4 is 5.32 Å². The quantitative estimate of drug-likeness (QED) is 0.804. The van der Waals surface area contributed by atoms with Gasteiger partial charge in [-0.3, -0.25) is 0 Å². The molecule has 0 aliphatic carbocycles. The molecule has 6 nitrogen and oxygen atoms in total. The lowest BCUT2D eigenvalue weighted by atomic mass is 9.80. The Kier molecular flexibility index (Phi) is 5.75. The zero-order chi connectivity index (χ0) is 19.6. The third kappa shape index (κ3) is 3.59. The first-order valence-corrected chi connectivity index (χ1v) is 8.35. The van der Waals surface area contributed by atoms with Gasteiger partial charge in [-0.1, -0.05) is 12.1 Å². The molecule has 1 heterocycles. The summed E-state index contributed by atoms with van der Waals surface area (Å²) in [7, 11) is 2.63. The molecule has 1 aliphatic rings. The van der Waals surface area contributed by atoms with E-state index in [2.05, 4.69) is 5.32 Å². The smallest absolute Gasteiger partial charge is 0.336 e. The van der Waals surface area contributed by atoms with Crippen molar-refractivity contribution in [2.45, 2.75) is 34.1 Å². The van der Waals surface area contributed by atoms with Crippen molar-refractivity contribution in [3.05, 3.63) is 51.4 Å². The number of hydrogen-bond donors (Lipinski definition) is 2. The molecule has 0 radical (unpaired) electrons. The number of carbonyl (C=O) groups is 2. The lowest BCUT2D eigenvalue weighted by Gasteiger charge is -2.30. The molecule has 0 fully saturated rings. The van der Waals surface area contributed by atoms with Crippen LogP contribution in [-0.2, 0) is 25.5 Å². The van der Waals surface area contributed by atoms with Gasteiger partial charge in [0.15, 0.2) is 0 Å². The van der Waals surface area contributed by atoms with Crippen LogP contribution in [0.3, 0.4) is 0 Å². The number of esters is 2. The summed E-state index contributed by atoms with van der Waals surface area (Å²) in [6.07, 6.45) is 0.410. The lowest BCUT2D eigenvalue weighted by molar-refractivity contribution is -0.137. The summed E-state index contributed by atoms with van der Waals surface area (Å²) in [5.74, 6) is -1.22. The van der Waals surface area contributed by atoms with Crippen LogP contribution in [0.2, 0.25) is 0 Å². The Balaban J connectivity index is 2.57. The second-order valence-corrected chi connectivity index (χ2v) is 6.52. The summed E-state index contributed by atoms with van der Waals surface area (Å²) >= 11 is 0. The summed E-state index contributed by atoms with van der Waals surface area (Å²) in [5, 5.41) is 13.1. The van der Waals surface area contributed by atoms with E-state index in [9.17, 15) is 14.7 Å². The van der Waals surface area contributed by atoms with E-state index >= 15 is 0 Å². The maximum absolute atomic E-state index is 12.4. The van der Waals surface area contributed by atoms with Crippen LogP contribution in [0.25, 0.3) is 0 Å². The van der Waals surface area contributed by atoms with Crippen molar-refractivity contribution in [1.29, 1.82) is 0 Å². The van der Waals surface area contributed by atoms with Crippen molar-refractivity contribution >= 4 is 11.9 Å². The van der Waals surface area contributed by atoms with Crippen molar-refractivity contribution in [2.24, 2.45) is 5.92 Å². The summed E-state index contributed by atoms with van der Waals surface area (Å²) in [6.45, 7) is 7.20. The molecule has 0 atom stereocenters. The molecule has 0 saturated heterocycles. The molecule has 1 aliphatic heterocycles. The molecule has 0 saturated carbocycles. The fraction of sp³-hybridized carbons (Fsp3) is 0.400. The second-order valence-electron chi connectivity index (χ2n) is 6.52. The van der Waals surface area contributed by atoms with Crippen LogP contribution in [0.15, 0.2) is 34.7 Å². The Hall–Kier alpha value is -2.76. The molecule has 1 aromatic carbocycles. The summed E-state index contributed by atoms with van der Waals surface area (Å²) in [5.41, 5.74) is 4.51. The maximum Gasteiger partial charge on any atom is 0.336 e. The van der Waals surface area contributed by atoms with E-state index in [4.69, 9.17) is 9.47 Å². The zero-order valence-corrected chi connectivity index (χ0v) is 16.0. The monoisotopic (exact) mass is 359 g/mol. The number of carbonyl (C=O) groups excluding carboxylic acids is 2. The number of aryl methyl sites for hydroxylation is 2. The number of allylic oxidation sites excluding steroid dienone is 2. The number of hydrogen-bond acceptors (Lipinski definition) is 6. The lowest BCUT2D eigenvalue weighted by Crippen LogP contribution is -2.34. The third-order valence-electron chi connectivity index (χ3n) is 4.68. The topological polar surface area (TPSA) is 84.9 Å². The Labute approximate surface area is 153 Å². The minimum absolute atomic E-state index is 0.249. The largest absolute Gasteiger partial charge is 0.507 e. The summed E-state index contributed by atoms with van der Waals surface area (Å²) < 4.78 is 9.88. The van der Waals surface area contributed by atoms with E-state index in [1.54, 1.807) is 13.8 Å². The van der Waals surface area contributed by atoms with Crippen molar-refractivity contribution < 1.29 is 24.2 Å². The first kappa shape index (κ1) is 19.6. The third-order valence-corrected chi connectivity index (χ3v) is 4.68. The Bertz CT molecular complexity index is 758. The van der Waals surface area contributed by atoms with E-state index in [-0.39, 0.29) is 5.75 Å². The minimum Gasteiger partial charge on any atom is -0.507 e. The molecule has 0 bridgehead atoms. The van der Waals surface area contributed by atoms with Gasteiger partial charge in [0.25, 0.3) is 0 Å². The zero-order valence-electron chi connectivity index (χ0n) is 16.0. The van der Waals surface area contributed by atoms with Crippen molar-refractivity contribution in [1.82, 2.24) is 5.32 Å². The van der Waals surface area contributed by atoms with Gasteiger partial charge in [0.05, 0.1) is 25.4 Å². The van der Waals surface area contributed by atoms with Crippen LogP contribution in [0.4, 0.5) is 0 Å². The first-order chi connectivity index (χ1) is 12.2. The van der Waals surface area contributed by atoms with Gasteiger partial charge >= 0.3 is 11.9 Å². The summed E-state index contributed by atoms with van der Waals surface area (Å²) in [6, 6.07) is 3.72. The van der Waals surface area contributed by atoms with Gasteiger partial charge in [-0.05, 0) is 50.8 Å². The molecule has 26 heavy (non-hydrogen) atoms. The number of dihydropyridines is 1. The average Bonchev–Trinajstić information content (AvgIpc) is 2.58. The SMILES string of the molecule is COC(=O)C1=C(C)NC(C)=C(C(=O)OC)C1Cc1cc(C)c(O)c(C)c1. The van der Waals surface area contributed by atoms with Crippen LogP contribution in [0.5, 0.6) is 5.75 Å². The number of methoxy groups -OCH3 is 2. The Morgan fingerprint density at radius 3 is 1.77 bits per heavy atom. The molecule has 2 rings (SSSR count). The fourth-order valence-corrected chi connectivity index (χ4v) is 3.50. The first-order valence-electron chi connectivity index (χ1n) is 8.35. The normalized spacial score (nSPS) is 15.0. The van der Waals surface area contributed by atoms with Gasteiger partial charge in [0, 0.05) is 17.3 Å². The highest BCUT2D eigenvalue weighted by Gasteiger charge is 2.36. The van der Waals surface area contributed by atoms with Crippen LogP contribution in [-0.4, -0.2) is 31.3 Å². The molecule has 0 unspecified atom stereocenters. The summed E-state index contributed by atoms with van der Waals surface area (Å²) in [4.78, 5) is 24.8. The number of rotatable bonds is 4. The van der Waals surface area contributed by atoms with E-state index in [1.807, 2.05) is 26.0 Å². The van der Waals surface area contributed by atoms with Crippen LogP contribution in [0.1, 0.15) is 30.5 Å². The predicted octanol–water partition coefficient (Wildman–Crippen LogP) is 2.66. The minimum atomic E-state index is -0.500. The van der Waals surface area contributed by atoms with Crippen LogP contribution >= 0.6 is 0 Å². The van der Waals surface area contributed by atoms with Crippen molar-refractivity contribution in [3.8, 4) is 5.75 Å². The molecular formula is C20H25NO5. The molecule has 6 heteroatoms. The van der Waals surface area contributed by atoms with Crippen LogP contribution in [0, 0.1) is 19.8 Å². The van der Waals surface area contributed by atoms with E-state index < -0.39 is 17.9 Å².